The van der Waals surface area contributed by atoms with Gasteiger partial charge in [-0.3, -0.25) is 15.0 Å². The van der Waals surface area contributed by atoms with Gasteiger partial charge in [0, 0.05) is 50.0 Å². The van der Waals surface area contributed by atoms with Crippen LogP contribution in [0.1, 0.15) is 32.1 Å². The molecule has 7 heteroatoms. The van der Waals surface area contributed by atoms with Crippen molar-refractivity contribution in [1.82, 2.24) is 4.90 Å². The number of nitro groups is 1. The number of ether oxygens (including phenoxy) is 1. The molecule has 1 saturated heterocycles. The second kappa shape index (κ2) is 6.59. The highest BCUT2D eigenvalue weighted by Crippen LogP contribution is 2.57. The van der Waals surface area contributed by atoms with E-state index in [0.29, 0.717) is 23.6 Å². The third kappa shape index (κ3) is 2.95. The summed E-state index contributed by atoms with van der Waals surface area (Å²) in [5, 5.41) is 22.0. The maximum atomic E-state index is 11.1. The van der Waals surface area contributed by atoms with Crippen LogP contribution in [0.15, 0.2) is 18.2 Å². The summed E-state index contributed by atoms with van der Waals surface area (Å²) in [7, 11) is 1.48. The fourth-order valence-corrected chi connectivity index (χ4v) is 6.84. The number of nitrogens with zero attached hydrogens (tertiary/aromatic N) is 3. The molecular formula is C21H29N3O4. The molecule has 0 aromatic heterocycles. The SMILES string of the molecule is COc1cc(N2CCN([C@H]3C4CC5CC3C[C@@](O)(C5)C4)CC2)ccc1[N+](=O)[O-]. The molecule has 1 N–H and O–H groups in total. The van der Waals surface area contributed by atoms with Gasteiger partial charge < -0.3 is 14.7 Å². The lowest BCUT2D eigenvalue weighted by Gasteiger charge is -2.61. The summed E-state index contributed by atoms with van der Waals surface area (Å²) >= 11 is 0. The van der Waals surface area contributed by atoms with Gasteiger partial charge in [-0.2, -0.15) is 0 Å². The largest absolute Gasteiger partial charge is 0.490 e. The van der Waals surface area contributed by atoms with Gasteiger partial charge in [-0.25, -0.2) is 0 Å². The molecule has 5 aliphatic rings. The second-order valence-corrected chi connectivity index (χ2v) is 9.32. The first-order valence-electron chi connectivity index (χ1n) is 10.5. The Morgan fingerprint density at radius 2 is 1.82 bits per heavy atom. The molecule has 152 valence electrons. The highest BCUT2D eigenvalue weighted by Gasteiger charge is 2.56. The highest BCUT2D eigenvalue weighted by molar-refractivity contribution is 5.59. The van der Waals surface area contributed by atoms with Gasteiger partial charge in [0.2, 0.25) is 0 Å². The molecule has 4 saturated carbocycles. The molecule has 1 aliphatic heterocycles. The Morgan fingerprint density at radius 1 is 1.14 bits per heavy atom. The Labute approximate surface area is 165 Å². The van der Waals surface area contributed by atoms with Crippen molar-refractivity contribution in [3.05, 3.63) is 28.3 Å². The van der Waals surface area contributed by atoms with Crippen molar-refractivity contribution >= 4 is 11.4 Å². The molecule has 6 rings (SSSR count). The van der Waals surface area contributed by atoms with Gasteiger partial charge in [0.25, 0.3) is 0 Å². The quantitative estimate of drug-likeness (QED) is 0.632. The van der Waals surface area contributed by atoms with E-state index in [1.54, 1.807) is 12.1 Å². The molecule has 2 unspecified atom stereocenters. The fourth-order valence-electron chi connectivity index (χ4n) is 6.84. The van der Waals surface area contributed by atoms with Gasteiger partial charge in [0.15, 0.2) is 5.75 Å². The molecular weight excluding hydrogens is 358 g/mol. The zero-order valence-electron chi connectivity index (χ0n) is 16.4. The smallest absolute Gasteiger partial charge is 0.311 e. The molecule has 5 fully saturated rings. The van der Waals surface area contributed by atoms with Gasteiger partial charge >= 0.3 is 5.69 Å². The lowest BCUT2D eigenvalue weighted by atomic mass is 9.52. The molecule has 0 spiro atoms. The van der Waals surface area contributed by atoms with Crippen LogP contribution in [0.4, 0.5) is 11.4 Å². The number of benzene rings is 1. The number of aliphatic hydroxyl groups is 1. The summed E-state index contributed by atoms with van der Waals surface area (Å²) in [6.45, 7) is 3.87. The molecule has 1 aromatic carbocycles. The average Bonchev–Trinajstić information content (AvgIpc) is 2.66. The lowest BCUT2D eigenvalue weighted by Crippen LogP contribution is -2.64. The predicted octanol–water partition coefficient (Wildman–Crippen LogP) is 2.67. The van der Waals surface area contributed by atoms with E-state index in [0.717, 1.165) is 57.0 Å². The van der Waals surface area contributed by atoms with E-state index in [9.17, 15) is 15.2 Å². The van der Waals surface area contributed by atoms with Crippen molar-refractivity contribution < 1.29 is 14.8 Å². The second-order valence-electron chi connectivity index (χ2n) is 9.32. The Bertz CT molecular complexity index is 761. The van der Waals surface area contributed by atoms with E-state index in [1.807, 2.05) is 6.07 Å². The van der Waals surface area contributed by atoms with Crippen LogP contribution in [0.5, 0.6) is 5.75 Å². The minimum absolute atomic E-state index is 0.0106. The van der Waals surface area contributed by atoms with Crippen LogP contribution in [0, 0.1) is 27.9 Å². The predicted molar refractivity (Wildman–Crippen MR) is 106 cm³/mol. The van der Waals surface area contributed by atoms with Crippen LogP contribution in [0.25, 0.3) is 0 Å². The summed E-state index contributed by atoms with van der Waals surface area (Å²) in [6, 6.07) is 5.78. The summed E-state index contributed by atoms with van der Waals surface area (Å²) in [6.07, 6.45) is 5.60. The van der Waals surface area contributed by atoms with Crippen molar-refractivity contribution in [3.63, 3.8) is 0 Å². The third-order valence-corrected chi connectivity index (χ3v) is 7.65. The molecule has 4 bridgehead atoms. The molecule has 0 amide bonds. The van der Waals surface area contributed by atoms with Crippen LogP contribution in [0.2, 0.25) is 0 Å². The highest BCUT2D eigenvalue weighted by atomic mass is 16.6. The van der Waals surface area contributed by atoms with Crippen molar-refractivity contribution in [2.75, 3.05) is 38.2 Å². The molecule has 0 radical (unpaired) electrons. The number of hydrogen-bond acceptors (Lipinski definition) is 6. The molecule has 1 aromatic rings. The lowest BCUT2D eigenvalue weighted by molar-refractivity contribution is -0.385. The first-order chi connectivity index (χ1) is 13.5. The maximum Gasteiger partial charge on any atom is 0.311 e. The van der Waals surface area contributed by atoms with Gasteiger partial charge in [-0.05, 0) is 55.9 Å². The van der Waals surface area contributed by atoms with Gasteiger partial charge in [-0.1, -0.05) is 0 Å². The summed E-state index contributed by atoms with van der Waals surface area (Å²) in [4.78, 5) is 15.7. The molecule has 7 nitrogen and oxygen atoms in total. The van der Waals surface area contributed by atoms with Crippen molar-refractivity contribution in [1.29, 1.82) is 0 Å². The van der Waals surface area contributed by atoms with Crippen LogP contribution in [-0.2, 0) is 0 Å². The number of methoxy groups -OCH3 is 1. The Balaban J connectivity index is 1.27. The van der Waals surface area contributed by atoms with E-state index in [4.69, 9.17) is 4.74 Å². The zero-order valence-corrected chi connectivity index (χ0v) is 16.4. The molecule has 4 aliphatic carbocycles. The zero-order chi connectivity index (χ0) is 19.5. The Hall–Kier alpha value is -1.86. The number of rotatable bonds is 4. The standard InChI is InChI=1S/C21H29N3O4/c1-28-19-10-17(2-3-18(19)24(26)27)22-4-6-23(7-5-22)20-15-8-14-9-16(20)13-21(25,11-14)12-15/h2-3,10,14-16,20,25H,4-9,11-13H2,1H3/t14?,15?,16?,20-,21+. The van der Waals surface area contributed by atoms with Crippen LogP contribution >= 0.6 is 0 Å². The van der Waals surface area contributed by atoms with Gasteiger partial charge in [0.05, 0.1) is 17.6 Å². The van der Waals surface area contributed by atoms with E-state index >= 15 is 0 Å². The van der Waals surface area contributed by atoms with E-state index < -0.39 is 4.92 Å². The van der Waals surface area contributed by atoms with Crippen LogP contribution in [0.3, 0.4) is 0 Å². The van der Waals surface area contributed by atoms with Crippen LogP contribution in [-0.4, -0.2) is 59.9 Å². The minimum Gasteiger partial charge on any atom is -0.490 e. The monoisotopic (exact) mass is 387 g/mol. The summed E-state index contributed by atoms with van der Waals surface area (Å²) in [5.41, 5.74) is 0.627. The Kier molecular flexibility index (Phi) is 4.28. The number of hydrogen-bond donors (Lipinski definition) is 1. The van der Waals surface area contributed by atoms with Gasteiger partial charge in [-0.15, -0.1) is 0 Å². The van der Waals surface area contributed by atoms with Crippen molar-refractivity contribution in [3.8, 4) is 5.75 Å². The van der Waals surface area contributed by atoms with Crippen molar-refractivity contribution in [2.45, 2.75) is 43.7 Å². The van der Waals surface area contributed by atoms with Crippen molar-refractivity contribution in [2.24, 2.45) is 17.8 Å². The number of nitro benzene ring substituents is 1. The van der Waals surface area contributed by atoms with Crippen LogP contribution < -0.4 is 9.64 Å². The van der Waals surface area contributed by atoms with Gasteiger partial charge in [0.1, 0.15) is 0 Å². The molecule has 2 atom stereocenters. The first-order valence-corrected chi connectivity index (χ1v) is 10.5. The first kappa shape index (κ1) is 18.2. The summed E-state index contributed by atoms with van der Waals surface area (Å²) in [5.74, 6) is 2.37. The fraction of sp³-hybridized carbons (Fsp3) is 0.714. The Morgan fingerprint density at radius 3 is 2.39 bits per heavy atom. The maximum absolute atomic E-state index is 11.1. The summed E-state index contributed by atoms with van der Waals surface area (Å²) < 4.78 is 5.23. The van der Waals surface area contributed by atoms with E-state index in [2.05, 4.69) is 9.80 Å². The van der Waals surface area contributed by atoms with E-state index in [-0.39, 0.29) is 11.3 Å². The molecule has 1 heterocycles. The number of piperazine rings is 1. The third-order valence-electron chi connectivity index (χ3n) is 7.65. The van der Waals surface area contributed by atoms with E-state index in [1.165, 1.54) is 20.0 Å². The normalized spacial score (nSPS) is 37.3. The molecule has 28 heavy (non-hydrogen) atoms. The number of anilines is 1. The topological polar surface area (TPSA) is 79.1 Å². The average molecular weight is 387 g/mol. The minimum atomic E-state index is -0.402.